The normalized spacial score (nSPS) is 17.1. The number of rotatable bonds is 4. The molecule has 0 aliphatic rings. The van der Waals surface area contributed by atoms with Crippen molar-refractivity contribution in [1.29, 1.82) is 0 Å². The maximum absolute atomic E-state index is 10.3. The molecule has 0 aromatic heterocycles. The molecule has 7 heteroatoms. The molecular weight excluding hydrogens is 166 g/mol. The number of hydrogen-bond acceptors (Lipinski definition) is 5. The molecule has 0 fully saturated rings. The van der Waals surface area contributed by atoms with Gasteiger partial charge in [0.2, 0.25) is 0 Å². The van der Waals surface area contributed by atoms with Gasteiger partial charge in [-0.05, 0) is 0 Å². The zero-order chi connectivity index (χ0) is 7.28. The minimum atomic E-state index is -2.58. The Morgan fingerprint density at radius 1 is 1.00 bits per heavy atom. The molecule has 0 amide bonds. The van der Waals surface area contributed by atoms with E-state index in [1.807, 2.05) is 0 Å². The second kappa shape index (κ2) is 5.15. The molecule has 0 saturated carbocycles. The Morgan fingerprint density at radius 3 is 1.56 bits per heavy atom. The summed E-state index contributed by atoms with van der Waals surface area (Å²) >= 11 is 0. The van der Waals surface area contributed by atoms with Crippen LogP contribution < -0.4 is 0 Å². The van der Waals surface area contributed by atoms with Gasteiger partial charge in [-0.1, -0.05) is 0 Å². The average Bonchev–Trinajstić information content (AvgIpc) is 1.87. The Hall–Kier alpha value is 0.340. The Labute approximate surface area is 54.2 Å². The predicted molar refractivity (Wildman–Crippen MR) is 33.1 cm³/mol. The van der Waals surface area contributed by atoms with Gasteiger partial charge in [-0.2, -0.15) is 0 Å². The van der Waals surface area contributed by atoms with Crippen molar-refractivity contribution >= 4 is 16.5 Å². The van der Waals surface area contributed by atoms with Crippen molar-refractivity contribution in [3.8, 4) is 0 Å². The summed E-state index contributed by atoms with van der Waals surface area (Å²) in [5.74, 6) is 0. The van der Waals surface area contributed by atoms with Crippen LogP contribution in [-0.4, -0.2) is 14.2 Å². The van der Waals surface area contributed by atoms with Gasteiger partial charge in [0, 0.05) is 14.2 Å². The molecule has 0 heterocycles. The quantitative estimate of drug-likeness (QED) is 0.596. The minimum Gasteiger partial charge on any atom is -0.314 e. The van der Waals surface area contributed by atoms with Crippen LogP contribution in [0.4, 0.5) is 0 Å². The highest BCUT2D eigenvalue weighted by Crippen LogP contribution is 2.37. The van der Waals surface area contributed by atoms with Crippen LogP contribution in [0.5, 0.6) is 0 Å². The molecule has 56 valence electrons. The van der Waals surface area contributed by atoms with E-state index in [-0.39, 0.29) is 0 Å². The summed E-state index contributed by atoms with van der Waals surface area (Å²) in [7, 11) is -2.76. The van der Waals surface area contributed by atoms with E-state index in [1.165, 1.54) is 14.2 Å². The van der Waals surface area contributed by atoms with Gasteiger partial charge >= 0.3 is 16.5 Å². The summed E-state index contributed by atoms with van der Waals surface area (Å²) in [4.78, 5) is 0. The van der Waals surface area contributed by atoms with Gasteiger partial charge in [-0.15, -0.1) is 0 Å². The van der Waals surface area contributed by atoms with Crippen molar-refractivity contribution in [2.45, 2.75) is 0 Å². The molecular formula is C2H8O5P2. The molecule has 0 aromatic rings. The zero-order valence-electron chi connectivity index (χ0n) is 5.04. The van der Waals surface area contributed by atoms with Crippen molar-refractivity contribution in [3.05, 3.63) is 0 Å². The molecule has 0 N–H and O–H groups in total. The van der Waals surface area contributed by atoms with Gasteiger partial charge in [0.15, 0.2) is 0 Å². The Kier molecular flexibility index (Phi) is 5.35. The SMILES string of the molecule is CO[PH](=O)O[PH](=O)OC. The highest BCUT2D eigenvalue weighted by atomic mass is 31.2. The molecule has 0 rings (SSSR count). The summed E-state index contributed by atoms with van der Waals surface area (Å²) in [5, 5.41) is 0. The van der Waals surface area contributed by atoms with Gasteiger partial charge in [0.05, 0.1) is 0 Å². The van der Waals surface area contributed by atoms with Crippen molar-refractivity contribution < 1.29 is 22.5 Å². The van der Waals surface area contributed by atoms with Gasteiger partial charge < -0.3 is 9.05 Å². The second-order valence-corrected chi connectivity index (χ2v) is 3.64. The second-order valence-electron chi connectivity index (χ2n) is 1.01. The molecule has 0 aliphatic carbocycles. The Morgan fingerprint density at radius 2 is 1.33 bits per heavy atom. The van der Waals surface area contributed by atoms with Crippen LogP contribution in [0.25, 0.3) is 0 Å². The monoisotopic (exact) mass is 174 g/mol. The molecule has 0 aliphatic heterocycles. The van der Waals surface area contributed by atoms with Crippen LogP contribution >= 0.6 is 16.5 Å². The Balaban J connectivity index is 3.47. The van der Waals surface area contributed by atoms with E-state index in [0.29, 0.717) is 0 Å². The molecule has 5 nitrogen and oxygen atoms in total. The third-order valence-electron chi connectivity index (χ3n) is 0.500. The Bertz CT molecular complexity index is 108. The molecule has 2 unspecified atom stereocenters. The van der Waals surface area contributed by atoms with E-state index < -0.39 is 16.5 Å². The van der Waals surface area contributed by atoms with E-state index in [1.54, 1.807) is 0 Å². The molecule has 0 radical (unpaired) electrons. The summed E-state index contributed by atoms with van der Waals surface area (Å²) in [6.45, 7) is 0. The lowest BCUT2D eigenvalue weighted by Crippen LogP contribution is -1.70. The first kappa shape index (κ1) is 9.34. The first-order valence-electron chi connectivity index (χ1n) is 2.04. The molecule has 0 aromatic carbocycles. The van der Waals surface area contributed by atoms with Gasteiger partial charge in [0.1, 0.15) is 0 Å². The summed E-state index contributed by atoms with van der Waals surface area (Å²) in [6.07, 6.45) is 0. The molecule has 0 spiro atoms. The highest BCUT2D eigenvalue weighted by Gasteiger charge is 2.00. The first-order chi connectivity index (χ1) is 4.20. The van der Waals surface area contributed by atoms with E-state index in [2.05, 4.69) is 13.4 Å². The third-order valence-corrected chi connectivity index (χ3v) is 2.50. The maximum Gasteiger partial charge on any atom is 0.325 e. The molecule has 9 heavy (non-hydrogen) atoms. The van der Waals surface area contributed by atoms with E-state index in [0.717, 1.165) is 0 Å². The smallest absolute Gasteiger partial charge is 0.314 e. The zero-order valence-corrected chi connectivity index (χ0v) is 7.04. The average molecular weight is 174 g/mol. The minimum absolute atomic E-state index is 1.20. The van der Waals surface area contributed by atoms with Crippen LogP contribution in [0.3, 0.4) is 0 Å². The third kappa shape index (κ3) is 4.82. The lowest BCUT2D eigenvalue weighted by atomic mass is 11.8. The fraction of sp³-hybridized carbons (Fsp3) is 1.00. The van der Waals surface area contributed by atoms with Crippen molar-refractivity contribution in [1.82, 2.24) is 0 Å². The fourth-order valence-electron chi connectivity index (χ4n) is 0.151. The lowest BCUT2D eigenvalue weighted by Gasteiger charge is -1.97. The van der Waals surface area contributed by atoms with Crippen molar-refractivity contribution in [2.24, 2.45) is 0 Å². The maximum atomic E-state index is 10.3. The van der Waals surface area contributed by atoms with Crippen LogP contribution in [0, 0.1) is 0 Å². The predicted octanol–water partition coefficient (Wildman–Crippen LogP) is 1.08. The molecule has 2 atom stereocenters. The standard InChI is InChI=1S/C2H8O5P2/c1-5-8(3)7-9(4)6-2/h8-9H,1-2H3. The van der Waals surface area contributed by atoms with Gasteiger partial charge in [-0.25, -0.2) is 4.31 Å². The lowest BCUT2D eigenvalue weighted by molar-refractivity contribution is 0.310. The molecule has 0 saturated heterocycles. The van der Waals surface area contributed by atoms with Crippen LogP contribution in [-0.2, 0) is 22.5 Å². The summed E-state index contributed by atoms with van der Waals surface area (Å²) < 4.78 is 33.1. The van der Waals surface area contributed by atoms with Crippen LogP contribution in [0.1, 0.15) is 0 Å². The first-order valence-corrected chi connectivity index (χ1v) is 4.49. The van der Waals surface area contributed by atoms with Gasteiger partial charge in [-0.3, -0.25) is 9.13 Å². The van der Waals surface area contributed by atoms with Crippen molar-refractivity contribution in [3.63, 3.8) is 0 Å². The van der Waals surface area contributed by atoms with Gasteiger partial charge in [0.25, 0.3) is 0 Å². The largest absolute Gasteiger partial charge is 0.325 e. The van der Waals surface area contributed by atoms with Crippen LogP contribution in [0.2, 0.25) is 0 Å². The topological polar surface area (TPSA) is 61.8 Å². The fourth-order valence-corrected chi connectivity index (χ4v) is 1.36. The molecule has 0 bridgehead atoms. The van der Waals surface area contributed by atoms with E-state index in [9.17, 15) is 9.13 Å². The van der Waals surface area contributed by atoms with E-state index >= 15 is 0 Å². The highest BCUT2D eigenvalue weighted by molar-refractivity contribution is 7.47. The number of hydrogen-bond donors (Lipinski definition) is 0. The van der Waals surface area contributed by atoms with Crippen LogP contribution in [0.15, 0.2) is 0 Å². The van der Waals surface area contributed by atoms with Crippen molar-refractivity contribution in [2.75, 3.05) is 14.2 Å². The van der Waals surface area contributed by atoms with E-state index in [4.69, 9.17) is 0 Å². The summed E-state index contributed by atoms with van der Waals surface area (Å²) in [6, 6.07) is 0. The summed E-state index contributed by atoms with van der Waals surface area (Å²) in [5.41, 5.74) is 0.